The van der Waals surface area contributed by atoms with Gasteiger partial charge in [-0.25, -0.2) is 0 Å². The number of nitrogens with one attached hydrogen (secondary N) is 1. The molecule has 1 spiro atoms. The maximum absolute atomic E-state index is 11.8. The number of carbonyl (C=O) groups excluding carboxylic acids is 1. The monoisotopic (exact) mass is 346 g/mol. The van der Waals surface area contributed by atoms with Gasteiger partial charge < -0.3 is 10.5 Å². The SMILES string of the molecule is NC(=O)[C@@H]1OC2(CCN(Cc3cn[nH]c3)CC2)c2cc(Cl)ccc21. The minimum Gasteiger partial charge on any atom is -0.367 e. The molecule has 2 aromatic rings. The molecule has 0 unspecified atom stereocenters. The quantitative estimate of drug-likeness (QED) is 0.891. The molecule has 6 nitrogen and oxygen atoms in total. The Bertz CT molecular complexity index is 754. The van der Waals surface area contributed by atoms with Crippen LogP contribution in [0.1, 0.15) is 35.6 Å². The second kappa shape index (κ2) is 5.88. The topological polar surface area (TPSA) is 84.2 Å². The maximum Gasteiger partial charge on any atom is 0.251 e. The van der Waals surface area contributed by atoms with E-state index in [9.17, 15) is 4.79 Å². The zero-order chi connectivity index (χ0) is 16.7. The van der Waals surface area contributed by atoms with Crippen LogP contribution in [-0.4, -0.2) is 34.1 Å². The van der Waals surface area contributed by atoms with Crippen LogP contribution in [0, 0.1) is 0 Å². The van der Waals surface area contributed by atoms with Gasteiger partial charge in [0.15, 0.2) is 6.10 Å². The smallest absolute Gasteiger partial charge is 0.251 e. The van der Waals surface area contributed by atoms with Gasteiger partial charge in [0, 0.05) is 36.4 Å². The molecule has 1 aromatic heterocycles. The number of amides is 1. The molecule has 3 N–H and O–H groups in total. The Balaban J connectivity index is 1.56. The molecule has 1 amide bonds. The van der Waals surface area contributed by atoms with Crippen molar-refractivity contribution in [2.24, 2.45) is 5.73 Å². The Morgan fingerprint density at radius 3 is 2.92 bits per heavy atom. The highest BCUT2D eigenvalue weighted by Crippen LogP contribution is 2.50. The predicted octanol–water partition coefficient (Wildman–Crippen LogP) is 2.11. The molecule has 3 heterocycles. The van der Waals surface area contributed by atoms with E-state index in [2.05, 4.69) is 15.1 Å². The summed E-state index contributed by atoms with van der Waals surface area (Å²) in [6, 6.07) is 5.57. The van der Waals surface area contributed by atoms with Gasteiger partial charge in [-0.3, -0.25) is 14.8 Å². The van der Waals surface area contributed by atoms with Gasteiger partial charge in [-0.15, -0.1) is 0 Å². The van der Waals surface area contributed by atoms with Crippen LogP contribution >= 0.6 is 11.6 Å². The standard InChI is InChI=1S/C17H19ClN4O2/c18-12-1-2-13-14(7-12)17(24-15(13)16(19)23)3-5-22(6-4-17)10-11-8-20-21-9-11/h1-2,7-9,15H,3-6,10H2,(H2,19,23)(H,20,21)/t15-/m1/s1. The van der Waals surface area contributed by atoms with Crippen molar-refractivity contribution < 1.29 is 9.53 Å². The van der Waals surface area contributed by atoms with Crippen molar-refractivity contribution in [1.29, 1.82) is 0 Å². The number of aromatic amines is 1. The number of hydrogen-bond donors (Lipinski definition) is 2. The fourth-order valence-electron chi connectivity index (χ4n) is 3.80. The molecule has 0 bridgehead atoms. The first-order chi connectivity index (χ1) is 11.6. The van der Waals surface area contributed by atoms with Crippen molar-refractivity contribution in [2.75, 3.05) is 13.1 Å². The van der Waals surface area contributed by atoms with Gasteiger partial charge in [0.05, 0.1) is 11.8 Å². The number of piperidine rings is 1. The van der Waals surface area contributed by atoms with Gasteiger partial charge in [0.1, 0.15) is 0 Å². The van der Waals surface area contributed by atoms with Crippen molar-refractivity contribution in [3.63, 3.8) is 0 Å². The summed E-state index contributed by atoms with van der Waals surface area (Å²) in [6.45, 7) is 2.61. The Morgan fingerprint density at radius 1 is 1.46 bits per heavy atom. The number of nitrogens with two attached hydrogens (primary N) is 1. The molecule has 1 atom stereocenters. The Kier molecular flexibility index (Phi) is 3.83. The summed E-state index contributed by atoms with van der Waals surface area (Å²) >= 11 is 6.18. The number of rotatable bonds is 3. The summed E-state index contributed by atoms with van der Waals surface area (Å²) in [5.74, 6) is -0.448. The number of hydrogen-bond acceptors (Lipinski definition) is 4. The molecular weight excluding hydrogens is 328 g/mol. The highest BCUT2D eigenvalue weighted by Gasteiger charge is 2.48. The van der Waals surface area contributed by atoms with Gasteiger partial charge in [0.25, 0.3) is 5.91 Å². The molecule has 0 radical (unpaired) electrons. The van der Waals surface area contributed by atoms with Crippen molar-refractivity contribution in [1.82, 2.24) is 15.1 Å². The summed E-state index contributed by atoms with van der Waals surface area (Å²) in [5, 5.41) is 7.48. The lowest BCUT2D eigenvalue weighted by Crippen LogP contribution is -2.42. The van der Waals surface area contributed by atoms with E-state index < -0.39 is 17.6 Å². The van der Waals surface area contributed by atoms with Crippen molar-refractivity contribution >= 4 is 17.5 Å². The van der Waals surface area contributed by atoms with E-state index in [1.165, 1.54) is 0 Å². The van der Waals surface area contributed by atoms with E-state index in [1.807, 2.05) is 24.5 Å². The number of likely N-dealkylation sites (tertiary alicyclic amines) is 1. The predicted molar refractivity (Wildman–Crippen MR) is 89.2 cm³/mol. The van der Waals surface area contributed by atoms with Crippen molar-refractivity contribution in [3.8, 4) is 0 Å². The van der Waals surface area contributed by atoms with Crippen LogP contribution in [0.25, 0.3) is 0 Å². The van der Waals surface area contributed by atoms with Crippen LogP contribution in [0.4, 0.5) is 0 Å². The van der Waals surface area contributed by atoms with Gasteiger partial charge in [-0.2, -0.15) is 5.10 Å². The molecule has 0 aliphatic carbocycles. The summed E-state index contributed by atoms with van der Waals surface area (Å²) in [4.78, 5) is 14.2. The van der Waals surface area contributed by atoms with Crippen LogP contribution in [0.2, 0.25) is 5.02 Å². The lowest BCUT2D eigenvalue weighted by molar-refractivity contribution is -0.148. The van der Waals surface area contributed by atoms with E-state index >= 15 is 0 Å². The largest absolute Gasteiger partial charge is 0.367 e. The molecule has 1 fully saturated rings. The second-order valence-corrected chi connectivity index (χ2v) is 6.95. The number of halogens is 1. The Hall–Kier alpha value is -1.89. The van der Waals surface area contributed by atoms with Crippen LogP contribution < -0.4 is 5.73 Å². The number of H-pyrrole nitrogens is 1. The first-order valence-corrected chi connectivity index (χ1v) is 8.42. The number of ether oxygens (including phenoxy) is 1. The average molecular weight is 347 g/mol. The van der Waals surface area contributed by atoms with Crippen LogP contribution in [-0.2, 0) is 21.7 Å². The summed E-state index contributed by atoms with van der Waals surface area (Å²) in [7, 11) is 0. The summed E-state index contributed by atoms with van der Waals surface area (Å²) in [6.07, 6.45) is 4.69. The average Bonchev–Trinajstić information content (AvgIpc) is 3.17. The van der Waals surface area contributed by atoms with E-state index in [-0.39, 0.29) is 0 Å². The molecule has 7 heteroatoms. The number of aromatic nitrogens is 2. The van der Waals surface area contributed by atoms with Gasteiger partial charge in [0.2, 0.25) is 0 Å². The molecule has 2 aliphatic heterocycles. The van der Waals surface area contributed by atoms with E-state index in [0.29, 0.717) is 5.02 Å². The number of nitrogens with zero attached hydrogens (tertiary/aromatic N) is 2. The molecule has 1 saturated heterocycles. The fraction of sp³-hybridized carbons (Fsp3) is 0.412. The number of benzene rings is 1. The molecule has 24 heavy (non-hydrogen) atoms. The number of primary amides is 1. The number of carbonyl (C=O) groups is 1. The van der Waals surface area contributed by atoms with Gasteiger partial charge in [-0.05, 0) is 36.1 Å². The Morgan fingerprint density at radius 2 is 2.25 bits per heavy atom. The third-order valence-corrected chi connectivity index (χ3v) is 5.25. The van der Waals surface area contributed by atoms with E-state index in [4.69, 9.17) is 22.1 Å². The van der Waals surface area contributed by atoms with Crippen molar-refractivity contribution in [3.05, 3.63) is 52.3 Å². The van der Waals surface area contributed by atoms with Crippen LogP contribution in [0.15, 0.2) is 30.6 Å². The lowest BCUT2D eigenvalue weighted by atomic mass is 9.83. The normalized spacial score (nSPS) is 22.6. The molecule has 1 aromatic carbocycles. The molecule has 0 saturated carbocycles. The highest BCUT2D eigenvalue weighted by atomic mass is 35.5. The Labute approximate surface area is 144 Å². The maximum atomic E-state index is 11.8. The van der Waals surface area contributed by atoms with E-state index in [0.717, 1.165) is 49.2 Å². The van der Waals surface area contributed by atoms with Crippen molar-refractivity contribution in [2.45, 2.75) is 31.1 Å². The fourth-order valence-corrected chi connectivity index (χ4v) is 3.97. The zero-order valence-corrected chi connectivity index (χ0v) is 13.9. The summed E-state index contributed by atoms with van der Waals surface area (Å²) in [5.41, 5.74) is 8.11. The molecular formula is C17H19ClN4O2. The molecule has 2 aliphatic rings. The minimum atomic E-state index is -0.683. The highest BCUT2D eigenvalue weighted by molar-refractivity contribution is 6.30. The van der Waals surface area contributed by atoms with E-state index in [1.54, 1.807) is 6.07 Å². The third-order valence-electron chi connectivity index (χ3n) is 5.02. The second-order valence-electron chi connectivity index (χ2n) is 6.51. The lowest BCUT2D eigenvalue weighted by Gasteiger charge is -2.39. The third kappa shape index (κ3) is 2.60. The van der Waals surface area contributed by atoms with Crippen LogP contribution in [0.3, 0.4) is 0 Å². The summed E-state index contributed by atoms with van der Waals surface area (Å²) < 4.78 is 6.18. The van der Waals surface area contributed by atoms with Gasteiger partial charge >= 0.3 is 0 Å². The molecule has 4 rings (SSSR count). The first kappa shape index (κ1) is 15.6. The zero-order valence-electron chi connectivity index (χ0n) is 13.2. The molecule has 126 valence electrons. The number of fused-ring (bicyclic) bond motifs is 2. The van der Waals surface area contributed by atoms with Crippen LogP contribution in [0.5, 0.6) is 0 Å². The first-order valence-electron chi connectivity index (χ1n) is 8.04. The minimum absolute atomic E-state index is 0.448. The van der Waals surface area contributed by atoms with Gasteiger partial charge in [-0.1, -0.05) is 17.7 Å².